The highest BCUT2D eigenvalue weighted by Gasteiger charge is 2.07. The van der Waals surface area contributed by atoms with Gasteiger partial charge in [0.05, 0.1) is 0 Å². The predicted octanol–water partition coefficient (Wildman–Crippen LogP) is 4.21. The van der Waals surface area contributed by atoms with Gasteiger partial charge in [-0.1, -0.05) is 29.3 Å². The smallest absolute Gasteiger partial charge is 0.127 e. The van der Waals surface area contributed by atoms with Crippen LogP contribution in [0.4, 0.5) is 4.39 Å². The number of halogens is 3. The third-order valence-corrected chi connectivity index (χ3v) is 3.52. The molecule has 5 heteroatoms. The van der Waals surface area contributed by atoms with Crippen molar-refractivity contribution in [3.8, 4) is 5.75 Å². The van der Waals surface area contributed by atoms with Gasteiger partial charge < -0.3 is 10.5 Å². The molecule has 2 rings (SSSR count). The average Bonchev–Trinajstić information content (AvgIpc) is 2.38. The summed E-state index contributed by atoms with van der Waals surface area (Å²) in [5.74, 6) is 0.0839. The van der Waals surface area contributed by atoms with E-state index in [1.54, 1.807) is 24.3 Å². The maximum Gasteiger partial charge on any atom is 0.127 e. The molecule has 2 aromatic carbocycles. The molecule has 2 N–H and O–H groups in total. The van der Waals surface area contributed by atoms with Crippen LogP contribution in [0.3, 0.4) is 0 Å². The first kappa shape index (κ1) is 15.1. The summed E-state index contributed by atoms with van der Waals surface area (Å²) in [6.07, 6.45) is 0.598. The summed E-state index contributed by atoms with van der Waals surface area (Å²) in [5.41, 5.74) is 6.95. The lowest BCUT2D eigenvalue weighted by molar-refractivity contribution is 0.304. The Hall–Kier alpha value is -1.29. The number of nitrogens with two attached hydrogens (primary N) is 1. The van der Waals surface area contributed by atoms with Crippen LogP contribution in [0, 0.1) is 5.82 Å². The van der Waals surface area contributed by atoms with Crippen LogP contribution >= 0.6 is 23.2 Å². The first-order valence-electron chi connectivity index (χ1n) is 6.15. The summed E-state index contributed by atoms with van der Waals surface area (Å²) < 4.78 is 19.0. The molecule has 0 bridgehead atoms. The largest absolute Gasteiger partial charge is 0.489 e. The van der Waals surface area contributed by atoms with Gasteiger partial charge in [-0.2, -0.15) is 0 Å². The summed E-state index contributed by atoms with van der Waals surface area (Å²) in [6.45, 7) is 0.642. The van der Waals surface area contributed by atoms with Crippen LogP contribution in [0.15, 0.2) is 36.4 Å². The predicted molar refractivity (Wildman–Crippen MR) is 80.0 cm³/mol. The molecule has 0 amide bonds. The fraction of sp³-hybridized carbons (Fsp3) is 0.200. The minimum Gasteiger partial charge on any atom is -0.489 e. The van der Waals surface area contributed by atoms with Gasteiger partial charge in [-0.25, -0.2) is 4.39 Å². The molecule has 2 nitrogen and oxygen atoms in total. The second-order valence-electron chi connectivity index (χ2n) is 4.32. The van der Waals surface area contributed by atoms with Crippen molar-refractivity contribution in [1.29, 1.82) is 0 Å². The summed E-state index contributed by atoms with van der Waals surface area (Å²) >= 11 is 12.1. The topological polar surface area (TPSA) is 35.2 Å². The zero-order valence-electron chi connectivity index (χ0n) is 10.7. The summed E-state index contributed by atoms with van der Waals surface area (Å²) in [7, 11) is 0. The lowest BCUT2D eigenvalue weighted by atomic mass is 10.1. The van der Waals surface area contributed by atoms with Gasteiger partial charge in [-0.3, -0.25) is 0 Å². The van der Waals surface area contributed by atoms with E-state index in [4.69, 9.17) is 33.7 Å². The van der Waals surface area contributed by atoms with E-state index in [1.165, 1.54) is 12.1 Å². The van der Waals surface area contributed by atoms with Crippen LogP contribution in [0.5, 0.6) is 5.75 Å². The van der Waals surface area contributed by atoms with Gasteiger partial charge in [-0.05, 0) is 42.8 Å². The Morgan fingerprint density at radius 1 is 1.10 bits per heavy atom. The van der Waals surface area contributed by atoms with Crippen LogP contribution in [0.1, 0.15) is 11.1 Å². The monoisotopic (exact) mass is 313 g/mol. The second-order valence-corrected chi connectivity index (χ2v) is 5.14. The van der Waals surface area contributed by atoms with Crippen LogP contribution in [-0.2, 0) is 13.0 Å². The van der Waals surface area contributed by atoms with E-state index in [0.717, 1.165) is 5.56 Å². The van der Waals surface area contributed by atoms with E-state index in [0.29, 0.717) is 34.3 Å². The van der Waals surface area contributed by atoms with Crippen molar-refractivity contribution in [1.82, 2.24) is 0 Å². The molecule has 0 aliphatic heterocycles. The van der Waals surface area contributed by atoms with Crippen LogP contribution in [0.2, 0.25) is 10.0 Å². The normalized spacial score (nSPS) is 10.6. The van der Waals surface area contributed by atoms with Gasteiger partial charge in [0, 0.05) is 21.7 Å². The molecule has 0 heterocycles. The summed E-state index contributed by atoms with van der Waals surface area (Å²) in [6, 6.07) is 9.76. The van der Waals surface area contributed by atoms with E-state index >= 15 is 0 Å². The molecule has 0 aliphatic carbocycles. The highest BCUT2D eigenvalue weighted by molar-refractivity contribution is 6.35. The Labute approximate surface area is 127 Å². The molecule has 0 saturated carbocycles. The average molecular weight is 314 g/mol. The Kier molecular flexibility index (Phi) is 5.24. The van der Waals surface area contributed by atoms with Crippen LogP contribution in [-0.4, -0.2) is 6.54 Å². The Morgan fingerprint density at radius 3 is 2.45 bits per heavy atom. The quantitative estimate of drug-likeness (QED) is 0.897. The fourth-order valence-corrected chi connectivity index (χ4v) is 2.35. The molecule has 0 spiro atoms. The molecule has 0 aliphatic rings. The van der Waals surface area contributed by atoms with Crippen LogP contribution < -0.4 is 10.5 Å². The highest BCUT2D eigenvalue weighted by atomic mass is 35.5. The van der Waals surface area contributed by atoms with Gasteiger partial charge in [0.15, 0.2) is 0 Å². The zero-order chi connectivity index (χ0) is 14.5. The second kappa shape index (κ2) is 6.93. The van der Waals surface area contributed by atoms with Crippen molar-refractivity contribution in [2.24, 2.45) is 5.73 Å². The molecule has 0 saturated heterocycles. The molecule has 0 aromatic heterocycles. The van der Waals surface area contributed by atoms with E-state index < -0.39 is 0 Å². The summed E-state index contributed by atoms with van der Waals surface area (Å²) in [4.78, 5) is 0. The van der Waals surface area contributed by atoms with Gasteiger partial charge in [0.25, 0.3) is 0 Å². The van der Waals surface area contributed by atoms with Crippen molar-refractivity contribution >= 4 is 23.2 Å². The van der Waals surface area contributed by atoms with Crippen molar-refractivity contribution in [3.05, 3.63) is 63.4 Å². The lowest BCUT2D eigenvalue weighted by Gasteiger charge is -2.11. The number of hydrogen-bond acceptors (Lipinski definition) is 2. The van der Waals surface area contributed by atoms with E-state index in [1.807, 2.05) is 0 Å². The van der Waals surface area contributed by atoms with E-state index in [9.17, 15) is 4.39 Å². The van der Waals surface area contributed by atoms with Crippen molar-refractivity contribution < 1.29 is 9.13 Å². The first-order valence-corrected chi connectivity index (χ1v) is 6.91. The number of hydrogen-bond donors (Lipinski definition) is 1. The Bertz CT molecular complexity index is 584. The van der Waals surface area contributed by atoms with Crippen molar-refractivity contribution in [2.45, 2.75) is 13.0 Å². The molecule has 20 heavy (non-hydrogen) atoms. The number of ether oxygens (including phenoxy) is 1. The molecule has 106 valence electrons. The van der Waals surface area contributed by atoms with Crippen molar-refractivity contribution in [3.63, 3.8) is 0 Å². The third-order valence-electron chi connectivity index (χ3n) is 2.81. The fourth-order valence-electron chi connectivity index (χ4n) is 1.84. The molecule has 0 fully saturated rings. The number of benzene rings is 2. The molecular formula is C15H14Cl2FNO. The summed E-state index contributed by atoms with van der Waals surface area (Å²) in [5, 5.41) is 1.05. The van der Waals surface area contributed by atoms with Gasteiger partial charge in [0.1, 0.15) is 18.2 Å². The SMILES string of the molecule is NCCc1cc(F)cc(OCc2c(Cl)cccc2Cl)c1. The molecule has 0 radical (unpaired) electrons. The molecule has 0 unspecified atom stereocenters. The van der Waals surface area contributed by atoms with Crippen LogP contribution in [0.25, 0.3) is 0 Å². The van der Waals surface area contributed by atoms with Gasteiger partial charge in [0.2, 0.25) is 0 Å². The number of rotatable bonds is 5. The molecular weight excluding hydrogens is 300 g/mol. The third kappa shape index (κ3) is 3.85. The standard InChI is InChI=1S/C15H14Cl2FNO/c16-14-2-1-3-15(17)13(14)9-20-12-7-10(4-5-19)6-11(18)8-12/h1-3,6-8H,4-5,9,19H2. The first-order chi connectivity index (χ1) is 9.60. The Morgan fingerprint density at radius 2 is 1.80 bits per heavy atom. The van der Waals surface area contributed by atoms with E-state index in [-0.39, 0.29) is 12.4 Å². The van der Waals surface area contributed by atoms with Gasteiger partial charge in [-0.15, -0.1) is 0 Å². The molecule has 0 atom stereocenters. The minimum absolute atomic E-state index is 0.185. The minimum atomic E-state index is -0.351. The van der Waals surface area contributed by atoms with Crippen molar-refractivity contribution in [2.75, 3.05) is 6.54 Å². The lowest BCUT2D eigenvalue weighted by Crippen LogP contribution is -2.04. The van der Waals surface area contributed by atoms with Gasteiger partial charge >= 0.3 is 0 Å². The molecule has 2 aromatic rings. The Balaban J connectivity index is 2.14. The maximum absolute atomic E-state index is 13.5. The highest BCUT2D eigenvalue weighted by Crippen LogP contribution is 2.26. The maximum atomic E-state index is 13.5. The zero-order valence-corrected chi connectivity index (χ0v) is 12.2. The van der Waals surface area contributed by atoms with E-state index in [2.05, 4.69) is 0 Å².